The second kappa shape index (κ2) is 12.3. The van der Waals surface area contributed by atoms with Crippen molar-refractivity contribution in [1.82, 2.24) is 34.3 Å². The van der Waals surface area contributed by atoms with E-state index in [1.807, 2.05) is 37.3 Å². The summed E-state index contributed by atoms with van der Waals surface area (Å²) in [7, 11) is 0. The normalized spacial score (nSPS) is 16.8. The molecule has 2 amide bonds. The van der Waals surface area contributed by atoms with Gasteiger partial charge in [-0.05, 0) is 81.5 Å². The first-order valence-electron chi connectivity index (χ1n) is 16.8. The summed E-state index contributed by atoms with van der Waals surface area (Å²) in [4.78, 5) is 50.1. The van der Waals surface area contributed by atoms with Gasteiger partial charge < -0.3 is 30.2 Å². The molecule has 0 unspecified atom stereocenters. The number of aromatic nitrogens is 6. The second-order valence-corrected chi connectivity index (χ2v) is 13.7. The number of amides is 2. The molecule has 3 aromatic heterocycles. The van der Waals surface area contributed by atoms with Crippen molar-refractivity contribution in [3.63, 3.8) is 0 Å². The summed E-state index contributed by atoms with van der Waals surface area (Å²) in [5.74, 6) is -0.0286. The van der Waals surface area contributed by atoms with Gasteiger partial charge in [0.1, 0.15) is 12.1 Å². The number of piperidine rings is 1. The van der Waals surface area contributed by atoms with Crippen molar-refractivity contribution in [3.05, 3.63) is 86.0 Å². The number of halogens is 1. The summed E-state index contributed by atoms with van der Waals surface area (Å²) in [6, 6.07) is 13.4. The van der Waals surface area contributed by atoms with E-state index in [4.69, 9.17) is 32.2 Å². The van der Waals surface area contributed by atoms with Gasteiger partial charge in [0.05, 0.1) is 40.0 Å². The van der Waals surface area contributed by atoms with Crippen LogP contribution >= 0.6 is 11.6 Å². The second-order valence-electron chi connectivity index (χ2n) is 13.3. The quantitative estimate of drug-likeness (QED) is 0.237. The predicted octanol–water partition coefficient (Wildman–Crippen LogP) is 4.03. The van der Waals surface area contributed by atoms with Crippen molar-refractivity contribution < 1.29 is 14.3 Å². The number of aromatic amines is 1. The van der Waals surface area contributed by atoms with E-state index in [9.17, 15) is 14.4 Å². The summed E-state index contributed by atoms with van der Waals surface area (Å²) < 4.78 is 9.44. The molecule has 2 saturated heterocycles. The van der Waals surface area contributed by atoms with Crippen LogP contribution in [0.4, 0.5) is 17.1 Å². The van der Waals surface area contributed by atoms with E-state index >= 15 is 0 Å². The van der Waals surface area contributed by atoms with Crippen molar-refractivity contribution in [3.8, 4) is 11.4 Å². The Hall–Kier alpha value is -5.21. The van der Waals surface area contributed by atoms with Crippen LogP contribution in [0.25, 0.3) is 17.2 Å². The molecular formula is C35H37ClN10O4. The lowest BCUT2D eigenvalue weighted by atomic mass is 9.85. The molecule has 0 saturated carbocycles. The average molecular weight is 697 g/mol. The van der Waals surface area contributed by atoms with Crippen LogP contribution in [-0.4, -0.2) is 72.3 Å². The van der Waals surface area contributed by atoms with Gasteiger partial charge in [-0.25, -0.2) is 0 Å². The van der Waals surface area contributed by atoms with Crippen LogP contribution in [-0.2, 0) is 28.3 Å². The molecule has 258 valence electrons. The molecule has 14 nitrogen and oxygen atoms in total. The summed E-state index contributed by atoms with van der Waals surface area (Å²) in [5.41, 5.74) is 10.2. The lowest BCUT2D eigenvalue weighted by Crippen LogP contribution is -2.47. The summed E-state index contributed by atoms with van der Waals surface area (Å²) in [6.45, 7) is 6.30. The van der Waals surface area contributed by atoms with Crippen molar-refractivity contribution in [2.24, 2.45) is 0 Å². The van der Waals surface area contributed by atoms with Gasteiger partial charge >= 0.3 is 0 Å². The Morgan fingerprint density at radius 1 is 1.06 bits per heavy atom. The number of H-pyrrole nitrogens is 1. The molecule has 50 heavy (non-hydrogen) atoms. The number of nitrogens with zero attached hydrogens (tertiary/aromatic N) is 7. The van der Waals surface area contributed by atoms with Crippen LogP contribution in [0, 0.1) is 13.8 Å². The van der Waals surface area contributed by atoms with E-state index in [0.717, 1.165) is 29.9 Å². The Morgan fingerprint density at radius 2 is 1.80 bits per heavy atom. The molecule has 1 spiro atoms. The van der Waals surface area contributed by atoms with Crippen molar-refractivity contribution in [2.75, 3.05) is 42.1 Å². The molecule has 0 radical (unpaired) electrons. The first-order valence-corrected chi connectivity index (χ1v) is 17.2. The predicted molar refractivity (Wildman–Crippen MR) is 188 cm³/mol. The first-order chi connectivity index (χ1) is 24.1. The van der Waals surface area contributed by atoms with Gasteiger partial charge in [-0.1, -0.05) is 17.7 Å². The van der Waals surface area contributed by atoms with Gasteiger partial charge in [0.15, 0.2) is 11.5 Å². The molecule has 6 heterocycles. The lowest BCUT2D eigenvalue weighted by Gasteiger charge is -2.38. The maximum Gasteiger partial charge on any atom is 0.282 e. The zero-order valence-electron chi connectivity index (χ0n) is 27.8. The number of nitrogens with one attached hydrogen (secondary N) is 2. The number of likely N-dealkylation sites (tertiary alicyclic amines) is 1. The molecule has 5 aromatic rings. The Bertz CT molecular complexity index is 2210. The number of hydrogen-bond acceptors (Lipinski definition) is 9. The van der Waals surface area contributed by atoms with E-state index in [0.29, 0.717) is 65.1 Å². The van der Waals surface area contributed by atoms with Gasteiger partial charge in [0.25, 0.3) is 11.5 Å². The zero-order chi connectivity index (χ0) is 34.7. The summed E-state index contributed by atoms with van der Waals surface area (Å²) >= 11 is 6.44. The van der Waals surface area contributed by atoms with Gasteiger partial charge in [0, 0.05) is 37.4 Å². The molecule has 15 heteroatoms. The topological polar surface area (TPSA) is 169 Å². The molecule has 8 rings (SSSR count). The highest BCUT2D eigenvalue weighted by molar-refractivity contribution is 6.33. The minimum absolute atomic E-state index is 0.0891. The minimum Gasteiger partial charge on any atom is -0.395 e. The van der Waals surface area contributed by atoms with Crippen LogP contribution in [0.1, 0.15) is 58.7 Å². The zero-order valence-corrected chi connectivity index (χ0v) is 28.6. The highest BCUT2D eigenvalue weighted by atomic mass is 35.5. The van der Waals surface area contributed by atoms with E-state index < -0.39 is 5.60 Å². The highest BCUT2D eigenvalue weighted by Crippen LogP contribution is 2.43. The average Bonchev–Trinajstić information content (AvgIpc) is 3.93. The SMILES string of the molecule is Cc1ccc(NC(=O)Cn2c3c(c(=O)n4nc(-c5ccc(N6CCCC6)cc5)nc24)C2(CCN(C(=O)c4n[nH]c(C)c4N)CC2)OC3)c(Cl)c1. The lowest BCUT2D eigenvalue weighted by molar-refractivity contribution is -0.116. The molecule has 3 aliphatic rings. The monoisotopic (exact) mass is 696 g/mol. The van der Waals surface area contributed by atoms with Gasteiger partial charge in [-0.15, -0.1) is 5.10 Å². The highest BCUT2D eigenvalue weighted by Gasteiger charge is 2.48. The Balaban J connectivity index is 1.16. The smallest absolute Gasteiger partial charge is 0.282 e. The molecule has 0 bridgehead atoms. The third-order valence-electron chi connectivity index (χ3n) is 10.1. The number of benzene rings is 2. The Labute approximate surface area is 292 Å². The van der Waals surface area contributed by atoms with E-state index in [-0.39, 0.29) is 42.0 Å². The van der Waals surface area contributed by atoms with Crippen molar-refractivity contribution in [2.45, 2.75) is 58.3 Å². The largest absolute Gasteiger partial charge is 0.395 e. The molecule has 2 aromatic carbocycles. The number of nitrogens with two attached hydrogens (primary N) is 1. The van der Waals surface area contributed by atoms with Gasteiger partial charge in [-0.3, -0.25) is 19.5 Å². The van der Waals surface area contributed by atoms with Gasteiger partial charge in [-0.2, -0.15) is 14.6 Å². The van der Waals surface area contributed by atoms with Crippen LogP contribution in [0.15, 0.2) is 47.3 Å². The molecule has 0 atom stereocenters. The van der Waals surface area contributed by atoms with Crippen LogP contribution < -0.4 is 21.5 Å². The number of ether oxygens (including phenoxy) is 1. The number of anilines is 3. The van der Waals surface area contributed by atoms with Crippen molar-refractivity contribution >= 4 is 46.3 Å². The molecular weight excluding hydrogens is 660 g/mol. The number of aryl methyl sites for hydroxylation is 2. The summed E-state index contributed by atoms with van der Waals surface area (Å²) in [6.07, 6.45) is 3.07. The molecule has 4 N–H and O–H groups in total. The molecule has 0 aliphatic carbocycles. The van der Waals surface area contributed by atoms with Gasteiger partial charge in [0.2, 0.25) is 11.7 Å². The third-order valence-corrected chi connectivity index (χ3v) is 10.5. The van der Waals surface area contributed by atoms with Crippen molar-refractivity contribution in [1.29, 1.82) is 0 Å². The number of carbonyl (C=O) groups is 2. The number of carbonyl (C=O) groups excluding carboxylic acids is 2. The molecule has 2 fully saturated rings. The number of hydrogen-bond donors (Lipinski definition) is 3. The molecule has 3 aliphatic heterocycles. The number of fused-ring (bicyclic) bond motifs is 3. The fourth-order valence-electron chi connectivity index (χ4n) is 7.34. The standard InChI is InChI=1S/C35H37ClN10O4/c1-20-5-10-25(24(36)17-20)38-27(47)18-45-26-19-50-35(11-15-44(16-12-35)33(49)30-29(37)21(2)40-41-30)28(26)32(48)46-34(45)39-31(42-46)22-6-8-23(9-7-22)43-13-3-4-14-43/h5-10,17H,3-4,11-16,18-19,37H2,1-2H3,(H,38,47)(H,40,41). The summed E-state index contributed by atoms with van der Waals surface area (Å²) in [5, 5.41) is 14.9. The van der Waals surface area contributed by atoms with Crippen LogP contribution in [0.5, 0.6) is 0 Å². The van der Waals surface area contributed by atoms with E-state index in [1.165, 1.54) is 17.4 Å². The van der Waals surface area contributed by atoms with Crippen LogP contribution in [0.2, 0.25) is 5.02 Å². The first kappa shape index (κ1) is 32.0. The van der Waals surface area contributed by atoms with E-state index in [2.05, 4.69) is 20.4 Å². The maximum atomic E-state index is 14.4. The fraction of sp³-hybridized carbons (Fsp3) is 0.371. The fourth-order valence-corrected chi connectivity index (χ4v) is 7.62. The van der Waals surface area contributed by atoms with Crippen LogP contribution in [0.3, 0.4) is 0 Å². The van der Waals surface area contributed by atoms with E-state index in [1.54, 1.807) is 28.5 Å². The Kier molecular flexibility index (Phi) is 7.87. The third kappa shape index (κ3) is 5.39. The Morgan fingerprint density at radius 3 is 2.48 bits per heavy atom. The minimum atomic E-state index is -0.980. The maximum absolute atomic E-state index is 14.4. The number of rotatable bonds is 6. The number of nitrogen functional groups attached to an aromatic ring is 1.